The van der Waals surface area contributed by atoms with Gasteiger partial charge < -0.3 is 14.3 Å². The van der Waals surface area contributed by atoms with Crippen molar-refractivity contribution in [2.75, 3.05) is 7.11 Å². The fourth-order valence-corrected chi connectivity index (χ4v) is 2.14. The molecule has 0 fully saturated rings. The maximum atomic E-state index is 13.4. The summed E-state index contributed by atoms with van der Waals surface area (Å²) in [5.74, 6) is 0.473. The summed E-state index contributed by atoms with van der Waals surface area (Å²) < 4.78 is 23.9. The average molecular weight is 315 g/mol. The Hall–Kier alpha value is -1.33. The molecule has 2 aromatic rings. The van der Waals surface area contributed by atoms with E-state index in [1.54, 1.807) is 13.0 Å². The molecule has 3 nitrogen and oxygen atoms in total. The van der Waals surface area contributed by atoms with Crippen molar-refractivity contribution < 1.29 is 18.7 Å². The Kier molecular flexibility index (Phi) is 3.73. The zero-order valence-corrected chi connectivity index (χ0v) is 11.5. The zero-order chi connectivity index (χ0) is 13.3. The number of aryl methyl sites for hydroxylation is 1. The Balaban J connectivity index is 2.50. The minimum atomic E-state index is -0.921. The molecule has 0 spiro atoms. The molecule has 0 saturated carbocycles. The molecule has 0 radical (unpaired) electrons. The highest BCUT2D eigenvalue weighted by molar-refractivity contribution is 9.10. The fraction of sp³-hybridized carbons (Fsp3) is 0.231. The van der Waals surface area contributed by atoms with Gasteiger partial charge >= 0.3 is 0 Å². The van der Waals surface area contributed by atoms with Crippen LogP contribution in [0.15, 0.2) is 33.4 Å². The summed E-state index contributed by atoms with van der Waals surface area (Å²) in [7, 11) is 1.43. The fourth-order valence-electron chi connectivity index (χ4n) is 1.78. The van der Waals surface area contributed by atoms with Gasteiger partial charge in [-0.3, -0.25) is 0 Å². The van der Waals surface area contributed by atoms with Gasteiger partial charge in [-0.1, -0.05) is 0 Å². The van der Waals surface area contributed by atoms with Crippen molar-refractivity contribution >= 4 is 15.9 Å². The van der Waals surface area contributed by atoms with Gasteiger partial charge in [0, 0.05) is 17.2 Å². The lowest BCUT2D eigenvalue weighted by molar-refractivity contribution is 0.212. The molecule has 2 rings (SSSR count). The number of aliphatic hydroxyl groups excluding tert-OH is 1. The predicted octanol–water partition coefficient (Wildman–Crippen LogP) is 3.58. The highest BCUT2D eigenvalue weighted by Crippen LogP contribution is 2.35. The van der Waals surface area contributed by atoms with E-state index in [9.17, 15) is 9.50 Å². The Morgan fingerprint density at radius 2 is 2.11 bits per heavy atom. The van der Waals surface area contributed by atoms with E-state index < -0.39 is 11.9 Å². The van der Waals surface area contributed by atoms with Gasteiger partial charge in [0.2, 0.25) is 0 Å². The Morgan fingerprint density at radius 3 is 2.67 bits per heavy atom. The van der Waals surface area contributed by atoms with Crippen molar-refractivity contribution in [3.05, 3.63) is 51.6 Å². The third-order valence-electron chi connectivity index (χ3n) is 2.76. The summed E-state index contributed by atoms with van der Waals surface area (Å²) in [6.45, 7) is 1.75. The number of halogens is 2. The average Bonchev–Trinajstić information content (AvgIpc) is 2.77. The minimum Gasteiger partial charge on any atom is -0.496 e. The van der Waals surface area contributed by atoms with Gasteiger partial charge in [0.1, 0.15) is 23.4 Å². The first-order valence-electron chi connectivity index (χ1n) is 5.29. The lowest BCUT2D eigenvalue weighted by atomic mass is 10.0. The molecule has 0 aliphatic heterocycles. The molecular formula is C13H12BrFO3. The molecule has 5 heteroatoms. The number of rotatable bonds is 3. The molecule has 0 saturated heterocycles. The van der Waals surface area contributed by atoms with Crippen LogP contribution in [0.1, 0.15) is 23.0 Å². The maximum absolute atomic E-state index is 13.4. The molecule has 18 heavy (non-hydrogen) atoms. The molecule has 1 atom stereocenters. The summed E-state index contributed by atoms with van der Waals surface area (Å²) in [4.78, 5) is 0. The van der Waals surface area contributed by atoms with Crippen LogP contribution in [0, 0.1) is 12.7 Å². The van der Waals surface area contributed by atoms with Crippen LogP contribution in [0.4, 0.5) is 4.39 Å². The summed E-state index contributed by atoms with van der Waals surface area (Å²) in [6, 6.07) is 4.42. The van der Waals surface area contributed by atoms with Gasteiger partial charge in [-0.15, -0.1) is 0 Å². The normalized spacial score (nSPS) is 12.5. The van der Waals surface area contributed by atoms with Crippen molar-refractivity contribution in [2.24, 2.45) is 0 Å². The van der Waals surface area contributed by atoms with E-state index in [-0.39, 0.29) is 4.47 Å². The third-order valence-corrected chi connectivity index (χ3v) is 3.37. The van der Waals surface area contributed by atoms with Crippen LogP contribution < -0.4 is 4.74 Å². The van der Waals surface area contributed by atoms with Crippen molar-refractivity contribution in [1.82, 2.24) is 0 Å². The number of hydrogen-bond donors (Lipinski definition) is 1. The number of hydrogen-bond acceptors (Lipinski definition) is 3. The quantitative estimate of drug-likeness (QED) is 0.941. The molecule has 0 bridgehead atoms. The molecule has 1 unspecified atom stereocenters. The first-order chi connectivity index (χ1) is 8.54. The number of benzene rings is 1. The van der Waals surface area contributed by atoms with Gasteiger partial charge in [0.25, 0.3) is 0 Å². The van der Waals surface area contributed by atoms with Gasteiger partial charge in [0.05, 0.1) is 17.8 Å². The van der Waals surface area contributed by atoms with Crippen LogP contribution in [-0.2, 0) is 0 Å². The standard InChI is InChI=1S/C13H12BrFO3/c1-7-8(3-4-18-7)13(16)9-5-10(14)11(15)6-12(9)17-2/h3-6,13,16H,1-2H3. The monoisotopic (exact) mass is 314 g/mol. The molecule has 1 N–H and O–H groups in total. The van der Waals surface area contributed by atoms with Crippen LogP contribution in [-0.4, -0.2) is 12.2 Å². The summed E-state index contributed by atoms with van der Waals surface area (Å²) in [5, 5.41) is 10.3. The Bertz CT molecular complexity index is 565. The molecule has 1 heterocycles. The van der Waals surface area contributed by atoms with Crippen molar-refractivity contribution in [2.45, 2.75) is 13.0 Å². The summed E-state index contributed by atoms with van der Waals surface area (Å²) >= 11 is 3.09. The third kappa shape index (κ3) is 2.28. The lowest BCUT2D eigenvalue weighted by Gasteiger charge is -2.15. The van der Waals surface area contributed by atoms with Gasteiger partial charge in [-0.05, 0) is 35.0 Å². The van der Waals surface area contributed by atoms with Gasteiger partial charge in [-0.2, -0.15) is 0 Å². The van der Waals surface area contributed by atoms with Crippen LogP contribution >= 0.6 is 15.9 Å². The van der Waals surface area contributed by atoms with Crippen LogP contribution in [0.5, 0.6) is 5.75 Å². The van der Waals surface area contributed by atoms with Gasteiger partial charge in [-0.25, -0.2) is 4.39 Å². The second kappa shape index (κ2) is 5.12. The minimum absolute atomic E-state index is 0.276. The molecule has 96 valence electrons. The number of ether oxygens (including phenoxy) is 1. The van der Waals surface area contributed by atoms with Gasteiger partial charge in [0.15, 0.2) is 0 Å². The van der Waals surface area contributed by atoms with E-state index in [1.165, 1.54) is 25.5 Å². The van der Waals surface area contributed by atoms with E-state index in [0.29, 0.717) is 22.6 Å². The van der Waals surface area contributed by atoms with E-state index >= 15 is 0 Å². The molecule has 1 aromatic heterocycles. The maximum Gasteiger partial charge on any atom is 0.141 e. The van der Waals surface area contributed by atoms with Crippen molar-refractivity contribution in [1.29, 1.82) is 0 Å². The topological polar surface area (TPSA) is 42.6 Å². The highest BCUT2D eigenvalue weighted by Gasteiger charge is 2.20. The number of methoxy groups -OCH3 is 1. The second-order valence-corrected chi connectivity index (χ2v) is 4.70. The Labute approximate surface area is 112 Å². The van der Waals surface area contributed by atoms with Crippen molar-refractivity contribution in [3.8, 4) is 5.75 Å². The SMILES string of the molecule is COc1cc(F)c(Br)cc1C(O)c1ccoc1C. The number of aliphatic hydroxyl groups is 1. The smallest absolute Gasteiger partial charge is 0.141 e. The van der Waals surface area contributed by atoms with E-state index in [4.69, 9.17) is 9.15 Å². The van der Waals surface area contributed by atoms with E-state index in [1.807, 2.05) is 0 Å². The van der Waals surface area contributed by atoms with Crippen LogP contribution in [0.2, 0.25) is 0 Å². The first kappa shape index (κ1) is 13.1. The zero-order valence-electron chi connectivity index (χ0n) is 9.91. The summed E-state index contributed by atoms with van der Waals surface area (Å²) in [5.41, 5.74) is 1.11. The predicted molar refractivity (Wildman–Crippen MR) is 68.2 cm³/mol. The van der Waals surface area contributed by atoms with Crippen LogP contribution in [0.3, 0.4) is 0 Å². The molecule has 0 aliphatic rings. The number of furan rings is 1. The Morgan fingerprint density at radius 1 is 1.39 bits per heavy atom. The van der Waals surface area contributed by atoms with Crippen molar-refractivity contribution in [3.63, 3.8) is 0 Å². The van der Waals surface area contributed by atoms with E-state index in [2.05, 4.69) is 15.9 Å². The molecule has 1 aromatic carbocycles. The van der Waals surface area contributed by atoms with Crippen LogP contribution in [0.25, 0.3) is 0 Å². The van der Waals surface area contributed by atoms with E-state index in [0.717, 1.165) is 0 Å². The lowest BCUT2D eigenvalue weighted by Crippen LogP contribution is -2.03. The molecule has 0 amide bonds. The molecule has 0 aliphatic carbocycles. The highest BCUT2D eigenvalue weighted by atomic mass is 79.9. The second-order valence-electron chi connectivity index (χ2n) is 3.84. The molecular weight excluding hydrogens is 303 g/mol. The summed E-state index contributed by atoms with van der Waals surface area (Å²) in [6.07, 6.45) is 0.578. The largest absolute Gasteiger partial charge is 0.496 e. The first-order valence-corrected chi connectivity index (χ1v) is 6.09.